The first-order valence-corrected chi connectivity index (χ1v) is 6.57. The first-order valence-electron chi connectivity index (χ1n) is 6.19. The zero-order valence-corrected chi connectivity index (χ0v) is 10.9. The first-order chi connectivity index (χ1) is 8.18. The highest BCUT2D eigenvalue weighted by Crippen LogP contribution is 2.31. The molecule has 1 aromatic carbocycles. The molecule has 0 amide bonds. The van der Waals surface area contributed by atoms with Gasteiger partial charge in [-0.05, 0) is 49.3 Å². The van der Waals surface area contributed by atoms with Crippen LogP contribution in [0.15, 0.2) is 18.2 Å². The van der Waals surface area contributed by atoms with Crippen LogP contribution in [-0.4, -0.2) is 18.3 Å². The summed E-state index contributed by atoms with van der Waals surface area (Å²) in [5, 5.41) is 11.0. The normalized spacial score (nSPS) is 19.2. The van der Waals surface area contributed by atoms with Crippen molar-refractivity contribution in [1.29, 1.82) is 0 Å². The van der Waals surface area contributed by atoms with E-state index in [0.717, 1.165) is 48.6 Å². The van der Waals surface area contributed by atoms with Gasteiger partial charge in [0.05, 0.1) is 6.10 Å². The molecule has 1 fully saturated rings. The molecular weight excluding hydrogens is 236 g/mol. The van der Waals surface area contributed by atoms with Gasteiger partial charge >= 0.3 is 0 Å². The largest absolute Gasteiger partial charge is 0.388 e. The van der Waals surface area contributed by atoms with Crippen LogP contribution >= 0.6 is 11.6 Å². The number of hydrogen-bond donors (Lipinski definition) is 1. The highest BCUT2D eigenvalue weighted by molar-refractivity contribution is 6.31. The molecule has 1 unspecified atom stereocenters. The van der Waals surface area contributed by atoms with Crippen molar-refractivity contribution in [2.24, 2.45) is 5.92 Å². The number of hydrogen-bond acceptors (Lipinski definition) is 2. The van der Waals surface area contributed by atoms with Gasteiger partial charge in [-0.1, -0.05) is 23.7 Å². The molecule has 1 atom stereocenters. The second kappa shape index (κ2) is 5.85. The smallest absolute Gasteiger partial charge is 0.0795 e. The van der Waals surface area contributed by atoms with Crippen molar-refractivity contribution in [3.8, 4) is 0 Å². The highest BCUT2D eigenvalue weighted by Gasteiger charge is 2.20. The van der Waals surface area contributed by atoms with Crippen LogP contribution in [-0.2, 0) is 4.74 Å². The lowest BCUT2D eigenvalue weighted by molar-refractivity contribution is 0.0434. The van der Waals surface area contributed by atoms with Gasteiger partial charge in [0.2, 0.25) is 0 Å². The highest BCUT2D eigenvalue weighted by atomic mass is 35.5. The molecule has 1 saturated heterocycles. The van der Waals surface area contributed by atoms with Gasteiger partial charge in [0.1, 0.15) is 0 Å². The summed E-state index contributed by atoms with van der Waals surface area (Å²) in [6, 6.07) is 5.73. The Morgan fingerprint density at radius 1 is 1.41 bits per heavy atom. The van der Waals surface area contributed by atoms with Gasteiger partial charge in [-0.3, -0.25) is 0 Å². The van der Waals surface area contributed by atoms with Gasteiger partial charge in [-0.25, -0.2) is 0 Å². The van der Waals surface area contributed by atoms with Gasteiger partial charge in [-0.2, -0.15) is 0 Å². The summed E-state index contributed by atoms with van der Waals surface area (Å²) in [6.07, 6.45) is 2.51. The van der Waals surface area contributed by atoms with Crippen molar-refractivity contribution in [1.82, 2.24) is 0 Å². The summed E-state index contributed by atoms with van der Waals surface area (Å²) in [5.41, 5.74) is 1.96. The van der Waals surface area contributed by atoms with Crippen LogP contribution in [0.2, 0.25) is 5.02 Å². The molecule has 0 aliphatic carbocycles. The zero-order valence-electron chi connectivity index (χ0n) is 10.2. The van der Waals surface area contributed by atoms with Gasteiger partial charge in [0.15, 0.2) is 0 Å². The van der Waals surface area contributed by atoms with Crippen molar-refractivity contribution in [2.75, 3.05) is 13.2 Å². The van der Waals surface area contributed by atoms with E-state index < -0.39 is 6.10 Å². The van der Waals surface area contributed by atoms with Crippen LogP contribution in [0.1, 0.15) is 36.5 Å². The molecule has 0 radical (unpaired) electrons. The molecule has 17 heavy (non-hydrogen) atoms. The van der Waals surface area contributed by atoms with Crippen molar-refractivity contribution >= 4 is 11.6 Å². The van der Waals surface area contributed by atoms with E-state index in [4.69, 9.17) is 16.3 Å². The molecule has 1 N–H and O–H groups in total. The number of aliphatic hydroxyl groups is 1. The minimum Gasteiger partial charge on any atom is -0.388 e. The number of rotatable bonds is 3. The topological polar surface area (TPSA) is 29.5 Å². The van der Waals surface area contributed by atoms with Crippen molar-refractivity contribution in [3.63, 3.8) is 0 Å². The Bertz CT molecular complexity index is 372. The van der Waals surface area contributed by atoms with E-state index in [9.17, 15) is 5.11 Å². The van der Waals surface area contributed by atoms with E-state index in [-0.39, 0.29) is 0 Å². The monoisotopic (exact) mass is 254 g/mol. The van der Waals surface area contributed by atoms with Gasteiger partial charge < -0.3 is 9.84 Å². The second-order valence-corrected chi connectivity index (χ2v) is 5.17. The summed E-state index contributed by atoms with van der Waals surface area (Å²) in [6.45, 7) is 3.61. The van der Waals surface area contributed by atoms with Crippen LogP contribution in [0.5, 0.6) is 0 Å². The third-order valence-electron chi connectivity index (χ3n) is 3.57. The summed E-state index contributed by atoms with van der Waals surface area (Å²) in [5.74, 6) is 0.567. The molecular formula is C14H19ClO2. The van der Waals surface area contributed by atoms with Crippen molar-refractivity contribution in [3.05, 3.63) is 34.3 Å². The van der Waals surface area contributed by atoms with Crippen LogP contribution in [0.3, 0.4) is 0 Å². The van der Waals surface area contributed by atoms with Crippen LogP contribution in [0.4, 0.5) is 0 Å². The summed E-state index contributed by atoms with van der Waals surface area (Å²) in [4.78, 5) is 0. The van der Waals surface area contributed by atoms with Gasteiger partial charge in [0.25, 0.3) is 0 Å². The fraction of sp³-hybridized carbons (Fsp3) is 0.571. The number of benzene rings is 1. The predicted octanol–water partition coefficient (Wildman–Crippen LogP) is 3.50. The van der Waals surface area contributed by atoms with Gasteiger partial charge in [0, 0.05) is 18.2 Å². The maximum atomic E-state index is 10.3. The van der Waals surface area contributed by atoms with Crippen LogP contribution < -0.4 is 0 Å². The molecule has 0 bridgehead atoms. The Hall–Kier alpha value is -0.570. The summed E-state index contributed by atoms with van der Waals surface area (Å²) < 4.78 is 5.33. The second-order valence-electron chi connectivity index (χ2n) is 4.76. The molecule has 0 spiro atoms. The SMILES string of the molecule is Cc1c(Cl)cccc1C(O)CC1CCOCC1. The third-order valence-corrected chi connectivity index (χ3v) is 3.98. The number of aliphatic hydroxyl groups excluding tert-OH is 1. The Morgan fingerprint density at radius 2 is 2.12 bits per heavy atom. The first kappa shape index (κ1) is 12.9. The standard InChI is InChI=1S/C14H19ClO2/c1-10-12(3-2-4-13(10)15)14(16)9-11-5-7-17-8-6-11/h2-4,11,14,16H,5-9H2,1H3. The van der Waals surface area contributed by atoms with Gasteiger partial charge in [-0.15, -0.1) is 0 Å². The molecule has 1 aromatic rings. The van der Waals surface area contributed by atoms with Crippen molar-refractivity contribution in [2.45, 2.75) is 32.3 Å². The maximum absolute atomic E-state index is 10.3. The lowest BCUT2D eigenvalue weighted by atomic mass is 9.90. The van der Waals surface area contributed by atoms with E-state index in [0.29, 0.717) is 5.92 Å². The molecule has 1 heterocycles. The molecule has 94 valence electrons. The maximum Gasteiger partial charge on any atom is 0.0795 e. The Labute approximate surface area is 108 Å². The lowest BCUT2D eigenvalue weighted by Crippen LogP contribution is -2.18. The minimum absolute atomic E-state index is 0.406. The zero-order chi connectivity index (χ0) is 12.3. The molecule has 0 saturated carbocycles. The van der Waals surface area contributed by atoms with E-state index in [1.807, 2.05) is 25.1 Å². The predicted molar refractivity (Wildman–Crippen MR) is 69.3 cm³/mol. The third kappa shape index (κ3) is 3.21. The Balaban J connectivity index is 2.03. The molecule has 0 aromatic heterocycles. The van der Waals surface area contributed by atoms with Crippen LogP contribution in [0, 0.1) is 12.8 Å². The summed E-state index contributed by atoms with van der Waals surface area (Å²) >= 11 is 6.07. The van der Waals surface area contributed by atoms with E-state index in [1.165, 1.54) is 0 Å². The average Bonchev–Trinajstić information content (AvgIpc) is 2.34. The number of halogens is 1. The quantitative estimate of drug-likeness (QED) is 0.895. The van der Waals surface area contributed by atoms with Crippen LogP contribution in [0.25, 0.3) is 0 Å². The summed E-state index contributed by atoms with van der Waals surface area (Å²) in [7, 11) is 0. The lowest BCUT2D eigenvalue weighted by Gasteiger charge is -2.25. The van der Waals surface area contributed by atoms with E-state index in [1.54, 1.807) is 0 Å². The molecule has 2 rings (SSSR count). The average molecular weight is 255 g/mol. The Morgan fingerprint density at radius 3 is 2.82 bits per heavy atom. The fourth-order valence-corrected chi connectivity index (χ4v) is 2.59. The molecule has 3 heteroatoms. The van der Waals surface area contributed by atoms with E-state index >= 15 is 0 Å². The fourth-order valence-electron chi connectivity index (χ4n) is 2.41. The molecule has 1 aliphatic rings. The molecule has 2 nitrogen and oxygen atoms in total. The Kier molecular flexibility index (Phi) is 4.43. The number of ether oxygens (including phenoxy) is 1. The molecule has 1 aliphatic heterocycles. The van der Waals surface area contributed by atoms with Crippen molar-refractivity contribution < 1.29 is 9.84 Å². The minimum atomic E-state index is -0.406. The van der Waals surface area contributed by atoms with E-state index in [2.05, 4.69) is 0 Å².